The molecule has 0 radical (unpaired) electrons. The highest BCUT2D eigenvalue weighted by Gasteiger charge is 2.33. The molecule has 0 aliphatic carbocycles. The fourth-order valence-electron chi connectivity index (χ4n) is 2.03. The van der Waals surface area contributed by atoms with E-state index in [1.54, 1.807) is 0 Å². The third-order valence-corrected chi connectivity index (χ3v) is 3.39. The summed E-state index contributed by atoms with van der Waals surface area (Å²) in [5, 5.41) is 6.32. The maximum absolute atomic E-state index is 11.7. The Bertz CT molecular complexity index is 671. The highest BCUT2D eigenvalue weighted by molar-refractivity contribution is 6.42. The number of carbonyl (C=O) groups excluding carboxylic acids is 1. The average Bonchev–Trinajstić information content (AvgIpc) is 2.77. The molecular formula is C16H13ClN2O2. The number of hydrogen-bond donors (Lipinski definition) is 2. The molecule has 1 aliphatic rings. The van der Waals surface area contributed by atoms with Crippen molar-refractivity contribution >= 4 is 28.9 Å². The van der Waals surface area contributed by atoms with Gasteiger partial charge in [0.15, 0.2) is 5.03 Å². The van der Waals surface area contributed by atoms with Crippen molar-refractivity contribution in [3.63, 3.8) is 0 Å². The zero-order valence-electron chi connectivity index (χ0n) is 11.0. The van der Waals surface area contributed by atoms with Crippen LogP contribution in [-0.2, 0) is 9.53 Å². The molecule has 0 amide bonds. The quantitative estimate of drug-likeness (QED) is 0.848. The Balaban J connectivity index is 1.82. The first kappa shape index (κ1) is 13.5. The van der Waals surface area contributed by atoms with Crippen LogP contribution < -0.4 is 10.6 Å². The second-order valence-corrected chi connectivity index (χ2v) is 4.89. The van der Waals surface area contributed by atoms with Crippen molar-refractivity contribution in [2.75, 3.05) is 10.6 Å². The van der Waals surface area contributed by atoms with Crippen LogP contribution in [0.5, 0.6) is 0 Å². The topological polar surface area (TPSA) is 50.4 Å². The van der Waals surface area contributed by atoms with E-state index in [1.165, 1.54) is 0 Å². The van der Waals surface area contributed by atoms with Gasteiger partial charge in [-0.3, -0.25) is 0 Å². The van der Waals surface area contributed by atoms with Crippen molar-refractivity contribution < 1.29 is 9.53 Å². The van der Waals surface area contributed by atoms with Crippen LogP contribution in [-0.4, -0.2) is 12.2 Å². The first-order valence-electron chi connectivity index (χ1n) is 6.48. The molecule has 0 aromatic heterocycles. The number of hydrogen-bond acceptors (Lipinski definition) is 4. The molecule has 1 aliphatic heterocycles. The van der Waals surface area contributed by atoms with Crippen LogP contribution in [0.25, 0.3) is 0 Å². The van der Waals surface area contributed by atoms with Gasteiger partial charge in [0.2, 0.25) is 6.23 Å². The van der Waals surface area contributed by atoms with E-state index < -0.39 is 12.2 Å². The van der Waals surface area contributed by atoms with Gasteiger partial charge in [0.1, 0.15) is 5.70 Å². The van der Waals surface area contributed by atoms with Crippen LogP contribution in [0.1, 0.15) is 0 Å². The lowest BCUT2D eigenvalue weighted by Gasteiger charge is -2.18. The van der Waals surface area contributed by atoms with Crippen molar-refractivity contribution in [2.45, 2.75) is 6.23 Å². The average molecular weight is 301 g/mol. The Kier molecular flexibility index (Phi) is 3.79. The van der Waals surface area contributed by atoms with Crippen LogP contribution in [0.15, 0.2) is 71.4 Å². The third kappa shape index (κ3) is 3.01. The summed E-state index contributed by atoms with van der Waals surface area (Å²) in [6, 6.07) is 19.0. The van der Waals surface area contributed by atoms with Gasteiger partial charge < -0.3 is 15.4 Å². The standard InChI is InChI=1S/C16H13ClN2O2/c17-13-14(18-11-7-3-1-4-8-11)15(21-16(13)20)19-12-9-5-2-6-10-12/h1-10,15,18-19H/t15-/m0/s1. The van der Waals surface area contributed by atoms with Crippen molar-refractivity contribution in [1.82, 2.24) is 0 Å². The van der Waals surface area contributed by atoms with Crippen molar-refractivity contribution in [3.05, 3.63) is 71.4 Å². The van der Waals surface area contributed by atoms with Gasteiger partial charge in [-0.25, -0.2) is 4.79 Å². The Morgan fingerprint density at radius 2 is 1.48 bits per heavy atom. The first-order chi connectivity index (χ1) is 10.2. The molecule has 0 saturated heterocycles. The molecule has 1 atom stereocenters. The number of anilines is 2. The van der Waals surface area contributed by atoms with Crippen LogP contribution in [0, 0.1) is 0 Å². The number of carbonyl (C=O) groups is 1. The molecule has 0 saturated carbocycles. The Labute approximate surface area is 127 Å². The summed E-state index contributed by atoms with van der Waals surface area (Å²) in [6.45, 7) is 0. The lowest BCUT2D eigenvalue weighted by molar-refractivity contribution is -0.138. The molecule has 5 heteroatoms. The molecule has 106 valence electrons. The fraction of sp³-hybridized carbons (Fsp3) is 0.0625. The summed E-state index contributed by atoms with van der Waals surface area (Å²) in [5.74, 6) is -0.538. The number of esters is 1. The highest BCUT2D eigenvalue weighted by atomic mass is 35.5. The maximum atomic E-state index is 11.7. The Morgan fingerprint density at radius 1 is 0.905 bits per heavy atom. The monoisotopic (exact) mass is 300 g/mol. The van der Waals surface area contributed by atoms with E-state index in [2.05, 4.69) is 10.6 Å². The van der Waals surface area contributed by atoms with Crippen LogP contribution >= 0.6 is 11.6 Å². The predicted molar refractivity (Wildman–Crippen MR) is 82.9 cm³/mol. The van der Waals surface area contributed by atoms with E-state index in [0.29, 0.717) is 5.70 Å². The normalized spacial score (nSPS) is 17.6. The molecule has 2 aromatic rings. The molecule has 0 spiro atoms. The van der Waals surface area contributed by atoms with Crippen molar-refractivity contribution in [2.24, 2.45) is 0 Å². The molecule has 0 unspecified atom stereocenters. The SMILES string of the molecule is O=C1O[C@H](Nc2ccccc2)C(Nc2ccccc2)=C1Cl. The van der Waals surface area contributed by atoms with Gasteiger partial charge in [0.25, 0.3) is 0 Å². The molecule has 1 heterocycles. The third-order valence-electron chi connectivity index (χ3n) is 3.03. The number of ether oxygens (including phenoxy) is 1. The number of halogens is 1. The predicted octanol–water partition coefficient (Wildman–Crippen LogP) is 3.54. The summed E-state index contributed by atoms with van der Waals surface area (Å²) >= 11 is 6.04. The maximum Gasteiger partial charge on any atom is 0.354 e. The number of para-hydroxylation sites is 2. The minimum atomic E-state index is -0.632. The summed E-state index contributed by atoms with van der Waals surface area (Å²) in [4.78, 5) is 11.7. The fourth-order valence-corrected chi connectivity index (χ4v) is 2.22. The van der Waals surface area contributed by atoms with Crippen molar-refractivity contribution in [1.29, 1.82) is 0 Å². The van der Waals surface area contributed by atoms with Crippen LogP contribution in [0.3, 0.4) is 0 Å². The van der Waals surface area contributed by atoms with Gasteiger partial charge >= 0.3 is 5.97 Å². The van der Waals surface area contributed by atoms with E-state index in [9.17, 15) is 4.79 Å². The van der Waals surface area contributed by atoms with E-state index >= 15 is 0 Å². The summed E-state index contributed by atoms with van der Waals surface area (Å²) < 4.78 is 5.24. The van der Waals surface area contributed by atoms with E-state index in [-0.39, 0.29) is 5.03 Å². The first-order valence-corrected chi connectivity index (χ1v) is 6.86. The highest BCUT2D eigenvalue weighted by Crippen LogP contribution is 2.28. The Hall–Kier alpha value is -2.46. The molecule has 0 fully saturated rings. The molecule has 4 nitrogen and oxygen atoms in total. The molecule has 21 heavy (non-hydrogen) atoms. The second-order valence-electron chi connectivity index (χ2n) is 4.51. The number of rotatable bonds is 4. The van der Waals surface area contributed by atoms with Gasteiger partial charge in [-0.2, -0.15) is 0 Å². The van der Waals surface area contributed by atoms with Gasteiger partial charge in [-0.05, 0) is 24.3 Å². The zero-order chi connectivity index (χ0) is 14.7. The molecular weight excluding hydrogens is 288 g/mol. The van der Waals surface area contributed by atoms with Gasteiger partial charge in [0.05, 0.1) is 0 Å². The van der Waals surface area contributed by atoms with Crippen molar-refractivity contribution in [3.8, 4) is 0 Å². The molecule has 0 bridgehead atoms. The van der Waals surface area contributed by atoms with E-state index in [4.69, 9.17) is 16.3 Å². The number of benzene rings is 2. The van der Waals surface area contributed by atoms with E-state index in [1.807, 2.05) is 60.7 Å². The van der Waals surface area contributed by atoms with Crippen LogP contribution in [0.4, 0.5) is 11.4 Å². The minimum Gasteiger partial charge on any atom is -0.431 e. The van der Waals surface area contributed by atoms with E-state index in [0.717, 1.165) is 11.4 Å². The molecule has 2 aromatic carbocycles. The van der Waals surface area contributed by atoms with Gasteiger partial charge in [-0.15, -0.1) is 0 Å². The largest absolute Gasteiger partial charge is 0.431 e. The Morgan fingerprint density at radius 3 is 2.10 bits per heavy atom. The molecule has 3 rings (SSSR count). The number of nitrogens with one attached hydrogen (secondary N) is 2. The minimum absolute atomic E-state index is 0.0623. The zero-order valence-corrected chi connectivity index (χ0v) is 11.8. The summed E-state index contributed by atoms with van der Waals surface area (Å²) in [7, 11) is 0. The number of cyclic esters (lactones) is 1. The smallest absolute Gasteiger partial charge is 0.354 e. The summed E-state index contributed by atoms with van der Waals surface area (Å²) in [5.41, 5.74) is 2.19. The molecule has 2 N–H and O–H groups in total. The summed E-state index contributed by atoms with van der Waals surface area (Å²) in [6.07, 6.45) is -0.632. The second kappa shape index (κ2) is 5.89. The lowest BCUT2D eigenvalue weighted by Crippen LogP contribution is -2.25. The van der Waals surface area contributed by atoms with Crippen LogP contribution in [0.2, 0.25) is 0 Å². The lowest BCUT2D eigenvalue weighted by atomic mass is 10.2. The van der Waals surface area contributed by atoms with Gasteiger partial charge in [0, 0.05) is 11.4 Å². The van der Waals surface area contributed by atoms with Gasteiger partial charge in [-0.1, -0.05) is 48.0 Å².